The van der Waals surface area contributed by atoms with Gasteiger partial charge in [0, 0.05) is 30.7 Å². The minimum Gasteiger partial charge on any atom is -0.383 e. The molecule has 2 aromatic carbocycles. The number of nitrogens with zero attached hydrogens (tertiary/aromatic N) is 4. The molecule has 0 aliphatic heterocycles. The fourth-order valence-electron chi connectivity index (χ4n) is 4.05. The Morgan fingerprint density at radius 2 is 1.89 bits per heavy atom. The first-order valence-electron chi connectivity index (χ1n) is 10.8. The normalized spacial score (nSPS) is 11.0. The minimum atomic E-state index is -0.529. The van der Waals surface area contributed by atoms with Crippen LogP contribution >= 0.6 is 0 Å². The number of aromatic nitrogens is 4. The lowest BCUT2D eigenvalue weighted by Crippen LogP contribution is -2.29. The number of anilines is 2. The van der Waals surface area contributed by atoms with Crippen molar-refractivity contribution in [2.45, 2.75) is 6.54 Å². The Morgan fingerprint density at radius 3 is 2.66 bits per heavy atom. The maximum absolute atomic E-state index is 13.5. The van der Waals surface area contributed by atoms with Crippen LogP contribution in [0.25, 0.3) is 22.2 Å². The molecule has 0 saturated heterocycles. The van der Waals surface area contributed by atoms with E-state index in [1.807, 2.05) is 29.9 Å². The van der Waals surface area contributed by atoms with Gasteiger partial charge in [0.15, 0.2) is 0 Å². The molecule has 0 fully saturated rings. The summed E-state index contributed by atoms with van der Waals surface area (Å²) in [6.45, 7) is 0.157. The van der Waals surface area contributed by atoms with Crippen molar-refractivity contribution in [1.82, 2.24) is 19.1 Å². The maximum atomic E-state index is 13.5. The third kappa shape index (κ3) is 4.26. The minimum absolute atomic E-state index is 0.00745. The standard InChI is InChI=1S/C26H21FN6O2/c1-32-14-21(22-23(28)29-15-30-24(22)32)17-7-9-19(10-8-17)31-25(34)20-6-3-11-33(26(20)35)13-16-4-2-5-18(27)12-16/h2-12,14-15H,13H2,1H3,(H,31,34)(H2,28,29,30). The number of hydrogen-bond acceptors (Lipinski definition) is 5. The molecule has 0 unspecified atom stereocenters. The third-order valence-corrected chi connectivity index (χ3v) is 5.74. The van der Waals surface area contributed by atoms with Crippen LogP contribution in [0.3, 0.4) is 0 Å². The van der Waals surface area contributed by atoms with Crippen LogP contribution in [0, 0.1) is 5.82 Å². The molecule has 3 aromatic heterocycles. The molecule has 8 nitrogen and oxygen atoms in total. The summed E-state index contributed by atoms with van der Waals surface area (Å²) in [4.78, 5) is 34.1. The molecule has 0 atom stereocenters. The topological polar surface area (TPSA) is 108 Å². The number of pyridine rings is 1. The van der Waals surface area contributed by atoms with Crippen LogP contribution < -0.4 is 16.6 Å². The molecule has 5 aromatic rings. The Hall–Kier alpha value is -4.79. The van der Waals surface area contributed by atoms with Gasteiger partial charge in [0.05, 0.1) is 11.9 Å². The summed E-state index contributed by atoms with van der Waals surface area (Å²) in [6.07, 6.45) is 4.92. The molecule has 0 aliphatic rings. The van der Waals surface area contributed by atoms with Gasteiger partial charge in [0.2, 0.25) is 0 Å². The first-order chi connectivity index (χ1) is 16.9. The molecule has 0 radical (unpaired) electrons. The lowest BCUT2D eigenvalue weighted by molar-refractivity contribution is 0.102. The van der Waals surface area contributed by atoms with E-state index in [9.17, 15) is 14.0 Å². The number of amides is 1. The van der Waals surface area contributed by atoms with Crippen LogP contribution in [0.1, 0.15) is 15.9 Å². The maximum Gasteiger partial charge on any atom is 0.263 e. The van der Waals surface area contributed by atoms with Crippen molar-refractivity contribution in [2.75, 3.05) is 11.1 Å². The predicted molar refractivity (Wildman–Crippen MR) is 133 cm³/mol. The van der Waals surface area contributed by atoms with Crippen molar-refractivity contribution in [3.05, 3.63) is 107 Å². The predicted octanol–water partition coefficient (Wildman–Crippen LogP) is 3.82. The van der Waals surface area contributed by atoms with E-state index < -0.39 is 11.5 Å². The number of halogens is 1. The second-order valence-electron chi connectivity index (χ2n) is 8.13. The Bertz CT molecular complexity index is 1620. The van der Waals surface area contributed by atoms with Gasteiger partial charge in [-0.1, -0.05) is 24.3 Å². The van der Waals surface area contributed by atoms with Gasteiger partial charge in [-0.15, -0.1) is 0 Å². The van der Waals surface area contributed by atoms with Crippen LogP contribution in [0.5, 0.6) is 0 Å². The number of carbonyl (C=O) groups excluding carboxylic acids is 1. The Morgan fingerprint density at radius 1 is 1.09 bits per heavy atom. The fourth-order valence-corrected chi connectivity index (χ4v) is 4.05. The van der Waals surface area contributed by atoms with Gasteiger partial charge in [-0.3, -0.25) is 9.59 Å². The molecule has 3 heterocycles. The molecule has 0 saturated carbocycles. The fraction of sp³-hybridized carbons (Fsp3) is 0.0769. The monoisotopic (exact) mass is 468 g/mol. The summed E-state index contributed by atoms with van der Waals surface area (Å²) in [6, 6.07) is 16.3. The first kappa shape index (κ1) is 22.0. The molecule has 1 amide bonds. The molecular weight excluding hydrogens is 447 g/mol. The highest BCUT2D eigenvalue weighted by molar-refractivity contribution is 6.04. The lowest BCUT2D eigenvalue weighted by Gasteiger charge is -2.10. The molecule has 0 spiro atoms. The van der Waals surface area contributed by atoms with Crippen LogP contribution in [-0.4, -0.2) is 25.0 Å². The third-order valence-electron chi connectivity index (χ3n) is 5.74. The summed E-state index contributed by atoms with van der Waals surface area (Å²) in [5, 5.41) is 3.52. The highest BCUT2D eigenvalue weighted by Gasteiger charge is 2.15. The van der Waals surface area contributed by atoms with E-state index >= 15 is 0 Å². The summed E-state index contributed by atoms with van der Waals surface area (Å²) >= 11 is 0. The number of hydrogen-bond donors (Lipinski definition) is 2. The molecule has 0 bridgehead atoms. The van der Waals surface area contributed by atoms with Crippen molar-refractivity contribution in [1.29, 1.82) is 0 Å². The van der Waals surface area contributed by atoms with Crippen LogP contribution in [0.15, 0.2) is 84.2 Å². The van der Waals surface area contributed by atoms with Gasteiger partial charge in [-0.05, 0) is 47.5 Å². The van der Waals surface area contributed by atoms with Gasteiger partial charge >= 0.3 is 0 Å². The molecule has 35 heavy (non-hydrogen) atoms. The zero-order valence-corrected chi connectivity index (χ0v) is 18.8. The van der Waals surface area contributed by atoms with Gasteiger partial charge in [0.1, 0.15) is 29.2 Å². The van der Waals surface area contributed by atoms with Crippen molar-refractivity contribution in [3.63, 3.8) is 0 Å². The van der Waals surface area contributed by atoms with Gasteiger partial charge in [-0.2, -0.15) is 0 Å². The van der Waals surface area contributed by atoms with Crippen molar-refractivity contribution in [3.8, 4) is 11.1 Å². The number of fused-ring (bicyclic) bond motifs is 1. The zero-order chi connectivity index (χ0) is 24.5. The molecule has 3 N–H and O–H groups in total. The highest BCUT2D eigenvalue weighted by atomic mass is 19.1. The highest BCUT2D eigenvalue weighted by Crippen LogP contribution is 2.32. The summed E-state index contributed by atoms with van der Waals surface area (Å²) in [7, 11) is 1.88. The van der Waals surface area contributed by atoms with Crippen molar-refractivity contribution in [2.24, 2.45) is 7.05 Å². The molecule has 174 valence electrons. The molecule has 9 heteroatoms. The number of nitrogens with one attached hydrogen (secondary N) is 1. The van der Waals surface area contributed by atoms with Gasteiger partial charge in [-0.25, -0.2) is 14.4 Å². The number of nitrogens with two attached hydrogens (primary N) is 1. The van der Waals surface area contributed by atoms with E-state index in [0.29, 0.717) is 17.1 Å². The number of rotatable bonds is 5. The molecular formula is C26H21FN6O2. The average molecular weight is 468 g/mol. The number of nitrogen functional groups attached to an aromatic ring is 1. The van der Waals surface area contributed by atoms with Gasteiger partial charge in [0.25, 0.3) is 11.5 Å². The smallest absolute Gasteiger partial charge is 0.263 e. The van der Waals surface area contributed by atoms with Crippen molar-refractivity contribution < 1.29 is 9.18 Å². The van der Waals surface area contributed by atoms with Crippen molar-refractivity contribution >= 4 is 28.4 Å². The zero-order valence-electron chi connectivity index (χ0n) is 18.8. The lowest BCUT2D eigenvalue weighted by atomic mass is 10.1. The quantitative estimate of drug-likeness (QED) is 0.408. The van der Waals surface area contributed by atoms with E-state index in [-0.39, 0.29) is 17.9 Å². The van der Waals surface area contributed by atoms with Crippen LogP contribution in [0.2, 0.25) is 0 Å². The number of aryl methyl sites for hydroxylation is 1. The van der Waals surface area contributed by atoms with E-state index in [2.05, 4.69) is 15.3 Å². The Kier molecular flexibility index (Phi) is 5.58. The van der Waals surface area contributed by atoms with E-state index in [0.717, 1.165) is 22.2 Å². The van der Waals surface area contributed by atoms with E-state index in [1.165, 1.54) is 29.1 Å². The molecule has 5 rings (SSSR count). The number of carbonyl (C=O) groups is 1. The average Bonchev–Trinajstić information content (AvgIpc) is 3.18. The molecule has 0 aliphatic carbocycles. The second-order valence-corrected chi connectivity index (χ2v) is 8.13. The Labute approximate surface area is 199 Å². The summed E-state index contributed by atoms with van der Waals surface area (Å²) < 4.78 is 16.7. The van der Waals surface area contributed by atoms with E-state index in [1.54, 1.807) is 36.5 Å². The summed E-state index contributed by atoms with van der Waals surface area (Å²) in [5.41, 5.74) is 9.25. The van der Waals surface area contributed by atoms with E-state index in [4.69, 9.17) is 5.73 Å². The van der Waals surface area contributed by atoms with Crippen LogP contribution in [0.4, 0.5) is 15.9 Å². The van der Waals surface area contributed by atoms with Gasteiger partial charge < -0.3 is 20.2 Å². The number of benzene rings is 2. The second kappa shape index (κ2) is 8.86. The van der Waals surface area contributed by atoms with Crippen LogP contribution in [-0.2, 0) is 13.6 Å². The SMILES string of the molecule is Cn1cc(-c2ccc(NC(=O)c3cccn(Cc4cccc(F)c4)c3=O)cc2)c2c(N)ncnc21. The largest absolute Gasteiger partial charge is 0.383 e. The summed E-state index contributed by atoms with van der Waals surface area (Å²) in [5.74, 6) is -0.521. The first-order valence-corrected chi connectivity index (χ1v) is 10.8. The Balaban J connectivity index is 1.37.